The fourth-order valence-corrected chi connectivity index (χ4v) is 1.42. The number of carboxylic acid groups (broad SMARTS) is 1. The first-order valence-corrected chi connectivity index (χ1v) is 4.28. The molecule has 0 radical (unpaired) electrons. The number of halogens is 3. The Kier molecular flexibility index (Phi) is 12.0. The zero-order valence-electron chi connectivity index (χ0n) is 9.40. The van der Waals surface area contributed by atoms with E-state index in [0.29, 0.717) is 5.52 Å². The van der Waals surface area contributed by atoms with Gasteiger partial charge in [-0.25, -0.2) is 4.79 Å². The van der Waals surface area contributed by atoms with Crippen LogP contribution in [0.5, 0.6) is 0 Å². The molecule has 18 heavy (non-hydrogen) atoms. The van der Waals surface area contributed by atoms with Gasteiger partial charge in [0, 0.05) is 11.1 Å². The number of pyridine rings is 1. The number of para-hydroxylation sites is 1. The molecular formula is C11H9Cl3GaNO2. The van der Waals surface area contributed by atoms with Gasteiger partial charge >= 0.3 is 25.8 Å². The third-order valence-corrected chi connectivity index (χ3v) is 2.09. The molecule has 0 saturated carbocycles. The number of nitrogens with zero attached hydrogens (tertiary/aromatic N) is 1. The van der Waals surface area contributed by atoms with E-state index < -0.39 is 5.97 Å². The molecule has 1 aromatic carbocycles. The molecule has 0 atom stereocenters. The van der Waals surface area contributed by atoms with Crippen molar-refractivity contribution in [2.45, 2.75) is 6.92 Å². The summed E-state index contributed by atoms with van der Waals surface area (Å²) in [5.74, 6) is -0.936. The van der Waals surface area contributed by atoms with Crippen LogP contribution in [0.25, 0.3) is 10.9 Å². The minimum absolute atomic E-state index is 0. The zero-order chi connectivity index (χ0) is 10.1. The summed E-state index contributed by atoms with van der Waals surface area (Å²) in [5, 5.41) is 9.79. The molecule has 0 bridgehead atoms. The van der Waals surface area contributed by atoms with Gasteiger partial charge in [0.25, 0.3) is 0 Å². The van der Waals surface area contributed by atoms with Crippen molar-refractivity contribution in [1.82, 2.24) is 4.98 Å². The van der Waals surface area contributed by atoms with Gasteiger partial charge in [-0.15, -0.1) is 0 Å². The van der Waals surface area contributed by atoms with E-state index >= 15 is 0 Å². The van der Waals surface area contributed by atoms with Gasteiger partial charge in [0.1, 0.15) is 0 Å². The van der Waals surface area contributed by atoms with Crippen molar-refractivity contribution in [2.75, 3.05) is 0 Å². The van der Waals surface area contributed by atoms with Gasteiger partial charge in [-0.1, -0.05) is 18.2 Å². The van der Waals surface area contributed by atoms with Gasteiger partial charge in [0.15, 0.2) is 0 Å². The molecule has 94 valence electrons. The predicted molar refractivity (Wildman–Crippen MR) is 59.2 cm³/mol. The van der Waals surface area contributed by atoms with E-state index in [4.69, 9.17) is 5.11 Å². The molecule has 0 aliphatic rings. The summed E-state index contributed by atoms with van der Waals surface area (Å²) in [7, 11) is 0. The molecule has 2 rings (SSSR count). The molecule has 3 nitrogen and oxygen atoms in total. The van der Waals surface area contributed by atoms with Crippen molar-refractivity contribution in [2.24, 2.45) is 0 Å². The standard InChI is InChI=1S/C11H9NO2.3ClH.Ga/c1-7-5-6-8-3-2-4-9(11(13)14)10(8)12-7;;;;/h2-6H,1H3,(H,13,14);3*1H;/q;;;;+3/p-3. The Labute approximate surface area is 137 Å². The number of hydrogen-bond acceptors (Lipinski definition) is 2. The summed E-state index contributed by atoms with van der Waals surface area (Å²) < 4.78 is 0. The number of carbonyl (C=O) groups is 1. The van der Waals surface area contributed by atoms with Gasteiger partial charge in [-0.2, -0.15) is 0 Å². The molecule has 0 amide bonds. The topological polar surface area (TPSA) is 50.2 Å². The molecule has 0 saturated heterocycles. The monoisotopic (exact) mass is 361 g/mol. The van der Waals surface area contributed by atoms with E-state index in [-0.39, 0.29) is 62.6 Å². The Morgan fingerprint density at radius 2 is 1.72 bits per heavy atom. The van der Waals surface area contributed by atoms with Gasteiger partial charge in [0.05, 0.1) is 11.1 Å². The maximum absolute atomic E-state index is 10.9. The van der Waals surface area contributed by atoms with Crippen LogP contribution in [0, 0.1) is 6.92 Å². The first kappa shape index (κ1) is 22.8. The van der Waals surface area contributed by atoms with Crippen LogP contribution >= 0.6 is 0 Å². The summed E-state index contributed by atoms with van der Waals surface area (Å²) in [6.45, 7) is 1.85. The van der Waals surface area contributed by atoms with Crippen molar-refractivity contribution in [3.63, 3.8) is 0 Å². The van der Waals surface area contributed by atoms with Crippen LogP contribution in [-0.2, 0) is 0 Å². The molecule has 0 unspecified atom stereocenters. The fourth-order valence-electron chi connectivity index (χ4n) is 1.42. The van der Waals surface area contributed by atoms with Crippen LogP contribution < -0.4 is 37.2 Å². The quantitative estimate of drug-likeness (QED) is 0.513. The largest absolute Gasteiger partial charge is 3.00 e. The van der Waals surface area contributed by atoms with Gasteiger partial charge in [-0.05, 0) is 19.1 Å². The maximum Gasteiger partial charge on any atom is 3.00 e. The smallest absolute Gasteiger partial charge is 1.00 e. The molecule has 0 aliphatic heterocycles. The summed E-state index contributed by atoms with van der Waals surface area (Å²) >= 11 is 0. The number of hydrogen-bond donors (Lipinski definition) is 1. The molecule has 1 N–H and O–H groups in total. The summed E-state index contributed by atoms with van der Waals surface area (Å²) in [6.07, 6.45) is 0. The van der Waals surface area contributed by atoms with Crippen molar-refractivity contribution in [3.8, 4) is 0 Å². The van der Waals surface area contributed by atoms with Crippen LogP contribution in [0.15, 0.2) is 30.3 Å². The van der Waals surface area contributed by atoms with Crippen molar-refractivity contribution in [1.29, 1.82) is 0 Å². The van der Waals surface area contributed by atoms with Crippen molar-refractivity contribution in [3.05, 3.63) is 41.6 Å². The third kappa shape index (κ3) is 4.70. The molecule has 0 aliphatic carbocycles. The average Bonchev–Trinajstić information content (AvgIpc) is 2.16. The molecule has 7 heteroatoms. The van der Waals surface area contributed by atoms with Crippen LogP contribution in [0.1, 0.15) is 16.1 Å². The normalized spacial score (nSPS) is 8.06. The SMILES string of the molecule is Cc1ccc2cccc(C(=O)O)c2n1.[Cl-].[Cl-].[Cl-].[Ga+3]. The molecule has 1 heterocycles. The number of aromatic carboxylic acids is 1. The second-order valence-electron chi connectivity index (χ2n) is 3.14. The van der Waals surface area contributed by atoms with Crippen molar-refractivity contribution < 1.29 is 47.1 Å². The Balaban J connectivity index is -0.000000562. The first-order valence-electron chi connectivity index (χ1n) is 4.28. The van der Waals surface area contributed by atoms with E-state index in [1.165, 1.54) is 0 Å². The summed E-state index contributed by atoms with van der Waals surface area (Å²) in [5.41, 5.74) is 1.64. The second-order valence-corrected chi connectivity index (χ2v) is 3.14. The second kappa shape index (κ2) is 9.53. The third-order valence-electron chi connectivity index (χ3n) is 2.09. The van der Waals surface area contributed by atoms with Crippen LogP contribution in [0.4, 0.5) is 0 Å². The number of aromatic nitrogens is 1. The van der Waals surface area contributed by atoms with E-state index in [2.05, 4.69) is 4.98 Å². The minimum Gasteiger partial charge on any atom is -1.00 e. The van der Waals surface area contributed by atoms with E-state index in [1.54, 1.807) is 12.1 Å². The molecular weight excluding hydrogens is 354 g/mol. The Bertz CT molecular complexity index is 523. The first-order chi connectivity index (χ1) is 6.68. The maximum atomic E-state index is 10.9. The number of aryl methyl sites for hydroxylation is 1. The van der Waals surface area contributed by atoms with Crippen LogP contribution in [0.3, 0.4) is 0 Å². The number of benzene rings is 1. The summed E-state index contributed by atoms with van der Waals surface area (Å²) in [4.78, 5) is 15.1. The molecule has 1 aromatic heterocycles. The van der Waals surface area contributed by atoms with Gasteiger partial charge < -0.3 is 42.3 Å². The molecule has 0 spiro atoms. The number of carboxylic acids is 1. The molecule has 0 fully saturated rings. The Morgan fingerprint density at radius 3 is 2.28 bits per heavy atom. The van der Waals surface area contributed by atoms with E-state index in [9.17, 15) is 4.79 Å². The van der Waals surface area contributed by atoms with E-state index in [1.807, 2.05) is 25.1 Å². The van der Waals surface area contributed by atoms with Gasteiger partial charge in [0.2, 0.25) is 0 Å². The Morgan fingerprint density at radius 1 is 1.11 bits per heavy atom. The number of fused-ring (bicyclic) bond motifs is 1. The summed E-state index contributed by atoms with van der Waals surface area (Å²) in [6, 6.07) is 8.90. The minimum atomic E-state index is -0.936. The van der Waals surface area contributed by atoms with Crippen LogP contribution in [-0.4, -0.2) is 35.9 Å². The Hall–Kier alpha value is -0.394. The number of rotatable bonds is 1. The average molecular weight is 363 g/mol. The fraction of sp³-hybridized carbons (Fsp3) is 0.0909. The van der Waals surface area contributed by atoms with Crippen LogP contribution in [0.2, 0.25) is 0 Å². The molecule has 2 aromatic rings. The van der Waals surface area contributed by atoms with Crippen molar-refractivity contribution >= 4 is 36.7 Å². The van der Waals surface area contributed by atoms with Gasteiger partial charge in [-0.3, -0.25) is 4.98 Å². The zero-order valence-corrected chi connectivity index (χ0v) is 14.1. The van der Waals surface area contributed by atoms with E-state index in [0.717, 1.165) is 11.1 Å². The predicted octanol–water partition coefficient (Wildman–Crippen LogP) is -7.13.